The van der Waals surface area contributed by atoms with E-state index in [1.54, 1.807) is 0 Å². The second-order valence-corrected chi connectivity index (χ2v) is 3.88. The fraction of sp³-hybridized carbons (Fsp3) is 0. The number of carboxylic acids is 1. The minimum absolute atomic E-state index is 0.0605. The second-order valence-electron chi connectivity index (χ2n) is 3.48. The number of carboxylic acid groups (broad SMARTS) is 1. The molecule has 1 aromatic heterocycles. The number of carbonyl (C=O) groups is 1. The highest BCUT2D eigenvalue weighted by atomic mass is 35.5. The van der Waals surface area contributed by atoms with Crippen molar-refractivity contribution in [3.8, 4) is 0 Å². The van der Waals surface area contributed by atoms with Gasteiger partial charge in [0.05, 0.1) is 28.2 Å². The van der Waals surface area contributed by atoms with Crippen molar-refractivity contribution in [1.29, 1.82) is 0 Å². The predicted molar refractivity (Wildman–Crippen MR) is 65.9 cm³/mol. The second kappa shape index (κ2) is 5.01. The molecule has 0 atom stereocenters. The van der Waals surface area contributed by atoms with E-state index in [1.807, 2.05) is 0 Å². The molecule has 92 valence electrons. The molecule has 2 N–H and O–H groups in total. The summed E-state index contributed by atoms with van der Waals surface area (Å²) in [5.41, 5.74) is 0.762. The monoisotopic (exact) mass is 266 g/mol. The third-order valence-electron chi connectivity index (χ3n) is 2.25. The average Bonchev–Trinajstić information content (AvgIpc) is 2.33. The maximum atomic E-state index is 12.9. The third-order valence-corrected chi connectivity index (χ3v) is 2.56. The van der Waals surface area contributed by atoms with Crippen LogP contribution in [0.5, 0.6) is 0 Å². The highest BCUT2D eigenvalue weighted by Gasteiger charge is 2.11. The Balaban J connectivity index is 2.37. The van der Waals surface area contributed by atoms with Crippen LogP contribution in [-0.2, 0) is 0 Å². The van der Waals surface area contributed by atoms with Gasteiger partial charge in [-0.25, -0.2) is 9.18 Å². The lowest BCUT2D eigenvalue weighted by molar-refractivity contribution is 0.0698. The van der Waals surface area contributed by atoms with Gasteiger partial charge >= 0.3 is 5.97 Å². The zero-order valence-corrected chi connectivity index (χ0v) is 9.78. The van der Waals surface area contributed by atoms with Crippen LogP contribution in [0.15, 0.2) is 36.7 Å². The number of aromatic nitrogens is 1. The van der Waals surface area contributed by atoms with Crippen molar-refractivity contribution < 1.29 is 14.3 Å². The summed E-state index contributed by atoms with van der Waals surface area (Å²) in [7, 11) is 0. The highest BCUT2D eigenvalue weighted by molar-refractivity contribution is 6.33. The Morgan fingerprint density at radius 3 is 2.78 bits per heavy atom. The van der Waals surface area contributed by atoms with Crippen LogP contribution in [0.1, 0.15) is 10.4 Å². The summed E-state index contributed by atoms with van der Waals surface area (Å²) in [6.07, 6.45) is 2.74. The first kappa shape index (κ1) is 12.3. The Labute approximate surface area is 107 Å². The summed E-state index contributed by atoms with van der Waals surface area (Å²) in [6, 6.07) is 5.16. The number of hydrogen-bond donors (Lipinski definition) is 2. The molecule has 6 heteroatoms. The van der Waals surface area contributed by atoms with Gasteiger partial charge in [0.15, 0.2) is 0 Å². The quantitative estimate of drug-likeness (QED) is 0.895. The average molecular weight is 267 g/mol. The smallest absolute Gasteiger partial charge is 0.337 e. The minimum atomic E-state index is -1.09. The molecule has 0 aliphatic rings. The predicted octanol–water partition coefficient (Wildman–Crippen LogP) is 3.32. The Hall–Kier alpha value is -2.14. The van der Waals surface area contributed by atoms with Gasteiger partial charge in [-0.2, -0.15) is 0 Å². The molecule has 2 aromatic rings. The van der Waals surface area contributed by atoms with Crippen LogP contribution < -0.4 is 5.32 Å². The molecule has 0 radical (unpaired) electrons. The van der Waals surface area contributed by atoms with Gasteiger partial charge in [-0.15, -0.1) is 0 Å². The van der Waals surface area contributed by atoms with Gasteiger partial charge in [0.1, 0.15) is 5.82 Å². The van der Waals surface area contributed by atoms with E-state index in [1.165, 1.54) is 30.6 Å². The van der Waals surface area contributed by atoms with Gasteiger partial charge in [0.2, 0.25) is 0 Å². The minimum Gasteiger partial charge on any atom is -0.478 e. The molecule has 1 heterocycles. The Morgan fingerprint density at radius 1 is 1.33 bits per heavy atom. The van der Waals surface area contributed by atoms with Crippen LogP contribution >= 0.6 is 11.6 Å². The van der Waals surface area contributed by atoms with Crippen molar-refractivity contribution in [3.05, 3.63) is 53.1 Å². The van der Waals surface area contributed by atoms with E-state index < -0.39 is 11.8 Å². The van der Waals surface area contributed by atoms with Gasteiger partial charge in [0.25, 0.3) is 0 Å². The number of rotatable bonds is 3. The van der Waals surface area contributed by atoms with Crippen LogP contribution in [0.25, 0.3) is 0 Å². The van der Waals surface area contributed by atoms with Gasteiger partial charge in [-0.1, -0.05) is 11.6 Å². The van der Waals surface area contributed by atoms with Crippen LogP contribution in [0.3, 0.4) is 0 Å². The topological polar surface area (TPSA) is 62.2 Å². The first-order valence-corrected chi connectivity index (χ1v) is 5.35. The Kier molecular flexibility index (Phi) is 3.43. The van der Waals surface area contributed by atoms with Gasteiger partial charge in [0, 0.05) is 6.20 Å². The molecule has 4 nitrogen and oxygen atoms in total. The number of pyridine rings is 1. The van der Waals surface area contributed by atoms with E-state index in [2.05, 4.69) is 10.3 Å². The van der Waals surface area contributed by atoms with Gasteiger partial charge < -0.3 is 10.4 Å². The molecular weight excluding hydrogens is 259 g/mol. The Morgan fingerprint density at radius 2 is 2.11 bits per heavy atom. The van der Waals surface area contributed by atoms with Crippen molar-refractivity contribution in [1.82, 2.24) is 4.98 Å². The molecular formula is C12H8ClFN2O2. The van der Waals surface area contributed by atoms with Crippen molar-refractivity contribution >= 4 is 28.9 Å². The molecule has 0 amide bonds. The van der Waals surface area contributed by atoms with Crippen molar-refractivity contribution in [2.24, 2.45) is 0 Å². The SMILES string of the molecule is O=C(O)c1ccncc1Nc1ccc(F)cc1Cl. The Bertz CT molecular complexity index is 604. The molecule has 0 aliphatic heterocycles. The zero-order chi connectivity index (χ0) is 13.1. The summed E-state index contributed by atoms with van der Waals surface area (Å²) in [5.74, 6) is -1.55. The fourth-order valence-corrected chi connectivity index (χ4v) is 1.63. The van der Waals surface area contributed by atoms with Crippen molar-refractivity contribution in [2.45, 2.75) is 0 Å². The summed E-state index contributed by atoms with van der Waals surface area (Å²) in [4.78, 5) is 14.8. The first-order chi connectivity index (χ1) is 8.58. The number of nitrogens with one attached hydrogen (secondary N) is 1. The maximum absolute atomic E-state index is 12.9. The lowest BCUT2D eigenvalue weighted by Gasteiger charge is -2.10. The number of aromatic carboxylic acids is 1. The maximum Gasteiger partial charge on any atom is 0.337 e. The number of benzene rings is 1. The van der Waals surface area contributed by atoms with E-state index in [9.17, 15) is 9.18 Å². The number of hydrogen-bond acceptors (Lipinski definition) is 3. The molecule has 0 saturated heterocycles. The zero-order valence-electron chi connectivity index (χ0n) is 9.02. The lowest BCUT2D eigenvalue weighted by Crippen LogP contribution is -2.03. The molecule has 2 rings (SSSR count). The van der Waals surface area contributed by atoms with E-state index >= 15 is 0 Å². The van der Waals surface area contributed by atoms with Crippen molar-refractivity contribution in [2.75, 3.05) is 5.32 Å². The van der Waals surface area contributed by atoms with Crippen LogP contribution in [-0.4, -0.2) is 16.1 Å². The van der Waals surface area contributed by atoms with E-state index in [-0.39, 0.29) is 10.6 Å². The number of halogens is 2. The van der Waals surface area contributed by atoms with Crippen LogP contribution in [0, 0.1) is 5.82 Å². The van der Waals surface area contributed by atoms with Crippen LogP contribution in [0.2, 0.25) is 5.02 Å². The summed E-state index contributed by atoms with van der Waals surface area (Å²) in [5, 5.41) is 12.0. The van der Waals surface area contributed by atoms with Crippen molar-refractivity contribution in [3.63, 3.8) is 0 Å². The van der Waals surface area contributed by atoms with E-state index in [0.29, 0.717) is 11.4 Å². The van der Waals surface area contributed by atoms with Gasteiger partial charge in [-0.05, 0) is 24.3 Å². The molecule has 0 fully saturated rings. The largest absolute Gasteiger partial charge is 0.478 e. The number of nitrogens with zero attached hydrogens (tertiary/aromatic N) is 1. The summed E-state index contributed by atoms with van der Waals surface area (Å²) >= 11 is 5.84. The normalized spacial score (nSPS) is 10.1. The molecule has 18 heavy (non-hydrogen) atoms. The molecule has 0 aliphatic carbocycles. The van der Waals surface area contributed by atoms with E-state index in [0.717, 1.165) is 6.07 Å². The highest BCUT2D eigenvalue weighted by Crippen LogP contribution is 2.27. The standard InChI is InChI=1S/C12H8ClFN2O2/c13-9-5-7(14)1-2-10(9)16-11-6-15-4-3-8(11)12(17)18/h1-6,16H,(H,17,18). The van der Waals surface area contributed by atoms with Gasteiger partial charge in [-0.3, -0.25) is 4.98 Å². The molecule has 0 saturated carbocycles. The molecule has 0 unspecified atom stereocenters. The first-order valence-electron chi connectivity index (χ1n) is 4.97. The molecule has 0 spiro atoms. The summed E-state index contributed by atoms with van der Waals surface area (Å²) in [6.45, 7) is 0. The summed E-state index contributed by atoms with van der Waals surface area (Å²) < 4.78 is 12.9. The van der Waals surface area contributed by atoms with Crippen LogP contribution in [0.4, 0.5) is 15.8 Å². The van der Waals surface area contributed by atoms with E-state index in [4.69, 9.17) is 16.7 Å². The number of anilines is 2. The fourth-order valence-electron chi connectivity index (χ4n) is 1.42. The molecule has 0 bridgehead atoms. The lowest BCUT2D eigenvalue weighted by atomic mass is 10.2. The third kappa shape index (κ3) is 2.57. The molecule has 1 aromatic carbocycles.